The van der Waals surface area contributed by atoms with Crippen LogP contribution in [0.1, 0.15) is 18.4 Å². The molecule has 3 atom stereocenters. The highest BCUT2D eigenvalue weighted by Gasteiger charge is 2.51. The van der Waals surface area contributed by atoms with E-state index >= 15 is 0 Å². The van der Waals surface area contributed by atoms with E-state index in [0.717, 1.165) is 10.5 Å². The molecule has 32 heavy (non-hydrogen) atoms. The van der Waals surface area contributed by atoms with Crippen molar-refractivity contribution in [2.24, 2.45) is 11.8 Å². The Bertz CT molecular complexity index is 1010. The van der Waals surface area contributed by atoms with Crippen LogP contribution in [0.5, 0.6) is 0 Å². The van der Waals surface area contributed by atoms with Gasteiger partial charge in [0.1, 0.15) is 6.04 Å². The van der Waals surface area contributed by atoms with Crippen molar-refractivity contribution in [3.8, 4) is 0 Å². The predicted octanol–water partition coefficient (Wildman–Crippen LogP) is 2.73. The molecule has 0 unspecified atom stereocenters. The number of carbonyl (C=O) groups is 4. The zero-order valence-electron chi connectivity index (χ0n) is 17.5. The van der Waals surface area contributed by atoms with Crippen LogP contribution in [0.3, 0.4) is 0 Å². The minimum absolute atomic E-state index is 0.129. The summed E-state index contributed by atoms with van der Waals surface area (Å²) in [5.74, 6) is -2.86. The molecule has 1 aliphatic heterocycles. The molecule has 0 aromatic heterocycles. The minimum Gasteiger partial charge on any atom is -0.454 e. The first-order chi connectivity index (χ1) is 15.5. The lowest BCUT2D eigenvalue weighted by Crippen LogP contribution is -2.48. The van der Waals surface area contributed by atoms with Gasteiger partial charge in [-0.05, 0) is 30.5 Å². The van der Waals surface area contributed by atoms with Gasteiger partial charge in [-0.15, -0.1) is 0 Å². The number of hydrogen-bond donors (Lipinski definition) is 1. The van der Waals surface area contributed by atoms with Crippen molar-refractivity contribution in [3.63, 3.8) is 0 Å². The number of nitrogens with zero attached hydrogens (tertiary/aromatic N) is 1. The zero-order valence-corrected chi connectivity index (χ0v) is 17.5. The number of allylic oxidation sites excluding steroid dienone is 2. The first kappa shape index (κ1) is 21.5. The SMILES string of the molecule is O=C(COC(=O)[C@H](Cc1ccccc1)N1C(=O)[C@H]2CC=CC[C@H]2C1=O)Nc1ccccc1. The average molecular weight is 432 g/mol. The molecule has 2 aromatic rings. The number of imide groups is 1. The molecule has 2 aromatic carbocycles. The van der Waals surface area contributed by atoms with Crippen molar-refractivity contribution in [3.05, 3.63) is 78.4 Å². The first-order valence-electron chi connectivity index (χ1n) is 10.6. The number of nitrogens with one attached hydrogen (secondary N) is 1. The summed E-state index contributed by atoms with van der Waals surface area (Å²) < 4.78 is 5.26. The van der Waals surface area contributed by atoms with Crippen molar-refractivity contribution in [2.75, 3.05) is 11.9 Å². The van der Waals surface area contributed by atoms with Crippen LogP contribution in [0.2, 0.25) is 0 Å². The van der Waals surface area contributed by atoms with Crippen molar-refractivity contribution in [2.45, 2.75) is 25.3 Å². The highest BCUT2D eigenvalue weighted by atomic mass is 16.5. The Morgan fingerprint density at radius 2 is 1.47 bits per heavy atom. The van der Waals surface area contributed by atoms with E-state index in [9.17, 15) is 19.2 Å². The Morgan fingerprint density at radius 1 is 0.906 bits per heavy atom. The molecular formula is C25H24N2O5. The molecule has 4 rings (SSSR count). The van der Waals surface area contributed by atoms with E-state index in [4.69, 9.17) is 4.74 Å². The van der Waals surface area contributed by atoms with E-state index in [0.29, 0.717) is 18.5 Å². The fourth-order valence-electron chi connectivity index (χ4n) is 4.20. The van der Waals surface area contributed by atoms with Gasteiger partial charge < -0.3 is 10.1 Å². The Balaban J connectivity index is 1.49. The van der Waals surface area contributed by atoms with Gasteiger partial charge in [0.05, 0.1) is 11.8 Å². The predicted molar refractivity (Wildman–Crippen MR) is 117 cm³/mol. The maximum absolute atomic E-state index is 13.0. The summed E-state index contributed by atoms with van der Waals surface area (Å²) in [6.45, 7) is -0.510. The van der Waals surface area contributed by atoms with E-state index in [1.54, 1.807) is 24.3 Å². The number of esters is 1. The molecule has 1 fully saturated rings. The summed E-state index contributed by atoms with van der Waals surface area (Å²) in [6.07, 6.45) is 4.89. The quantitative estimate of drug-likeness (QED) is 0.413. The van der Waals surface area contributed by atoms with Crippen LogP contribution in [-0.4, -0.2) is 41.2 Å². The molecule has 0 bridgehead atoms. The molecule has 7 heteroatoms. The summed E-state index contributed by atoms with van der Waals surface area (Å²) in [5.41, 5.74) is 1.37. The van der Waals surface area contributed by atoms with Gasteiger partial charge in [0, 0.05) is 12.1 Å². The zero-order chi connectivity index (χ0) is 22.5. The van der Waals surface area contributed by atoms with Gasteiger partial charge in [-0.1, -0.05) is 60.7 Å². The highest BCUT2D eigenvalue weighted by Crippen LogP contribution is 2.36. The topological polar surface area (TPSA) is 92.8 Å². The van der Waals surface area contributed by atoms with E-state index in [1.165, 1.54) is 0 Å². The standard InChI is InChI=1S/C25H24N2O5/c28-22(26-18-11-5-2-6-12-18)16-32-25(31)21(15-17-9-3-1-4-10-17)27-23(29)19-13-7-8-14-20(19)24(27)30/h1-12,19-21H,13-16H2,(H,26,28)/t19-,20+,21-/m0/s1. The Labute approximate surface area is 186 Å². The van der Waals surface area contributed by atoms with Gasteiger partial charge in [-0.25, -0.2) is 4.79 Å². The number of anilines is 1. The highest BCUT2D eigenvalue weighted by molar-refractivity contribution is 6.08. The largest absolute Gasteiger partial charge is 0.454 e. The number of ether oxygens (including phenoxy) is 1. The van der Waals surface area contributed by atoms with Crippen molar-refractivity contribution >= 4 is 29.4 Å². The van der Waals surface area contributed by atoms with Crippen LogP contribution < -0.4 is 5.32 Å². The number of amides is 3. The first-order valence-corrected chi connectivity index (χ1v) is 10.6. The van der Waals surface area contributed by atoms with Crippen LogP contribution in [0.4, 0.5) is 5.69 Å². The van der Waals surface area contributed by atoms with Gasteiger partial charge in [0.25, 0.3) is 5.91 Å². The third-order valence-corrected chi connectivity index (χ3v) is 5.80. The summed E-state index contributed by atoms with van der Waals surface area (Å²) in [7, 11) is 0. The number of benzene rings is 2. The second kappa shape index (κ2) is 9.60. The molecule has 1 saturated heterocycles. The summed E-state index contributed by atoms with van der Waals surface area (Å²) in [4.78, 5) is 52.4. The van der Waals surface area contributed by atoms with Gasteiger partial charge in [-0.2, -0.15) is 0 Å². The third kappa shape index (κ3) is 4.61. The average Bonchev–Trinajstić information content (AvgIpc) is 3.07. The molecule has 3 amide bonds. The molecule has 7 nitrogen and oxygen atoms in total. The van der Waals surface area contributed by atoms with Crippen LogP contribution in [-0.2, 0) is 30.3 Å². The van der Waals surface area contributed by atoms with Gasteiger partial charge >= 0.3 is 5.97 Å². The Hall–Kier alpha value is -3.74. The van der Waals surface area contributed by atoms with E-state index in [1.807, 2.05) is 48.6 Å². The molecular weight excluding hydrogens is 408 g/mol. The van der Waals surface area contributed by atoms with Gasteiger partial charge in [-0.3, -0.25) is 19.3 Å². The number of likely N-dealkylation sites (tertiary alicyclic amines) is 1. The van der Waals surface area contributed by atoms with Crippen LogP contribution >= 0.6 is 0 Å². The number of hydrogen-bond acceptors (Lipinski definition) is 5. The normalized spacial score (nSPS) is 20.6. The van der Waals surface area contributed by atoms with Crippen molar-refractivity contribution < 1.29 is 23.9 Å². The van der Waals surface area contributed by atoms with E-state index < -0.39 is 36.4 Å². The van der Waals surface area contributed by atoms with Crippen LogP contribution in [0.15, 0.2) is 72.8 Å². The van der Waals surface area contributed by atoms with Gasteiger partial charge in [0.2, 0.25) is 11.8 Å². The molecule has 0 radical (unpaired) electrons. The lowest BCUT2D eigenvalue weighted by atomic mass is 9.85. The number of rotatable bonds is 7. The Kier molecular flexibility index (Phi) is 6.44. The fraction of sp³-hybridized carbons (Fsp3) is 0.280. The molecule has 0 spiro atoms. The molecule has 0 saturated carbocycles. The second-order valence-corrected chi connectivity index (χ2v) is 7.93. The maximum atomic E-state index is 13.0. The molecule has 2 aliphatic rings. The smallest absolute Gasteiger partial charge is 0.330 e. The van der Waals surface area contributed by atoms with Crippen LogP contribution in [0.25, 0.3) is 0 Å². The monoisotopic (exact) mass is 432 g/mol. The van der Waals surface area contributed by atoms with E-state index in [2.05, 4.69) is 5.32 Å². The minimum atomic E-state index is -1.12. The third-order valence-electron chi connectivity index (χ3n) is 5.80. The van der Waals surface area contributed by atoms with Crippen LogP contribution in [0, 0.1) is 11.8 Å². The summed E-state index contributed by atoms with van der Waals surface area (Å²) in [6, 6.07) is 16.8. The lowest BCUT2D eigenvalue weighted by molar-refractivity contribution is -0.159. The molecule has 1 aliphatic carbocycles. The second-order valence-electron chi connectivity index (χ2n) is 7.93. The van der Waals surface area contributed by atoms with Crippen molar-refractivity contribution in [1.82, 2.24) is 4.90 Å². The lowest BCUT2D eigenvalue weighted by Gasteiger charge is -2.25. The molecule has 1 N–H and O–H groups in total. The summed E-state index contributed by atoms with van der Waals surface area (Å²) in [5, 5.41) is 2.64. The van der Waals surface area contributed by atoms with Gasteiger partial charge in [0.15, 0.2) is 6.61 Å². The maximum Gasteiger partial charge on any atom is 0.330 e. The Morgan fingerprint density at radius 3 is 2.06 bits per heavy atom. The number of carbonyl (C=O) groups excluding carboxylic acids is 4. The van der Waals surface area contributed by atoms with Crippen molar-refractivity contribution in [1.29, 1.82) is 0 Å². The molecule has 164 valence electrons. The molecule has 1 heterocycles. The number of fused-ring (bicyclic) bond motifs is 1. The number of para-hydroxylation sites is 1. The fourth-order valence-corrected chi connectivity index (χ4v) is 4.20. The van der Waals surface area contributed by atoms with E-state index in [-0.39, 0.29) is 18.2 Å². The summed E-state index contributed by atoms with van der Waals surface area (Å²) >= 11 is 0.